The number of fused-ring (bicyclic) bond motifs is 1. The van der Waals surface area contributed by atoms with Gasteiger partial charge in [-0.05, 0) is 98.5 Å². The van der Waals surface area contributed by atoms with Gasteiger partial charge >= 0.3 is 11.8 Å². The van der Waals surface area contributed by atoms with Crippen molar-refractivity contribution in [2.24, 2.45) is 0 Å². The SMILES string of the molecule is Cc1ccc(NC(=O)C(=O)Nn2c(C(=O)Nc3ccc(C)c(C)c3)cc3cc(Br)ccc32)cc1C. The van der Waals surface area contributed by atoms with E-state index < -0.39 is 17.7 Å². The molecule has 0 bridgehead atoms. The topological polar surface area (TPSA) is 92.2 Å². The van der Waals surface area contributed by atoms with Crippen molar-refractivity contribution in [3.8, 4) is 0 Å². The van der Waals surface area contributed by atoms with Gasteiger partial charge in [-0.1, -0.05) is 28.1 Å². The molecule has 0 saturated heterocycles. The third-order valence-electron chi connectivity index (χ3n) is 5.95. The smallest absolute Gasteiger partial charge is 0.321 e. The van der Waals surface area contributed by atoms with E-state index in [-0.39, 0.29) is 5.69 Å². The number of carbonyl (C=O) groups excluding carboxylic acids is 3. The van der Waals surface area contributed by atoms with Crippen molar-refractivity contribution in [2.45, 2.75) is 27.7 Å². The summed E-state index contributed by atoms with van der Waals surface area (Å²) in [6.07, 6.45) is 0. The second kappa shape index (κ2) is 9.76. The Morgan fingerprint density at radius 2 is 1.29 bits per heavy atom. The predicted molar refractivity (Wildman–Crippen MR) is 142 cm³/mol. The lowest BCUT2D eigenvalue weighted by molar-refractivity contribution is -0.133. The minimum absolute atomic E-state index is 0.184. The van der Waals surface area contributed by atoms with Crippen molar-refractivity contribution in [1.29, 1.82) is 0 Å². The molecule has 0 saturated carbocycles. The maximum absolute atomic E-state index is 13.2. The van der Waals surface area contributed by atoms with E-state index in [4.69, 9.17) is 0 Å². The molecule has 0 radical (unpaired) electrons. The number of rotatable bonds is 4. The van der Waals surface area contributed by atoms with E-state index in [0.29, 0.717) is 16.9 Å². The van der Waals surface area contributed by atoms with Gasteiger partial charge in [0.15, 0.2) is 0 Å². The Balaban J connectivity index is 1.62. The summed E-state index contributed by atoms with van der Waals surface area (Å²) < 4.78 is 2.16. The van der Waals surface area contributed by atoms with Gasteiger partial charge in [0, 0.05) is 21.2 Å². The van der Waals surface area contributed by atoms with Gasteiger partial charge in [-0.15, -0.1) is 0 Å². The van der Waals surface area contributed by atoms with E-state index in [9.17, 15) is 14.4 Å². The molecule has 3 N–H and O–H groups in total. The zero-order valence-electron chi connectivity index (χ0n) is 19.8. The van der Waals surface area contributed by atoms with Crippen molar-refractivity contribution in [3.63, 3.8) is 0 Å². The molecule has 3 amide bonds. The lowest BCUT2D eigenvalue weighted by Crippen LogP contribution is -2.36. The van der Waals surface area contributed by atoms with Crippen LogP contribution in [0.2, 0.25) is 0 Å². The fourth-order valence-electron chi connectivity index (χ4n) is 3.65. The highest BCUT2D eigenvalue weighted by molar-refractivity contribution is 9.10. The number of benzene rings is 3. The normalized spacial score (nSPS) is 10.8. The summed E-state index contributed by atoms with van der Waals surface area (Å²) in [5.74, 6) is -2.16. The van der Waals surface area contributed by atoms with Crippen molar-refractivity contribution < 1.29 is 14.4 Å². The first kappa shape index (κ1) is 24.2. The van der Waals surface area contributed by atoms with Crippen LogP contribution in [0.1, 0.15) is 32.7 Å². The molecular formula is C27H25BrN4O3. The molecule has 7 nitrogen and oxygen atoms in total. The molecule has 178 valence electrons. The van der Waals surface area contributed by atoms with Gasteiger partial charge in [-0.3, -0.25) is 19.8 Å². The zero-order chi connectivity index (χ0) is 25.3. The Morgan fingerprint density at radius 3 is 1.89 bits per heavy atom. The van der Waals surface area contributed by atoms with Gasteiger partial charge in [0.05, 0.1) is 5.52 Å². The highest BCUT2D eigenvalue weighted by Gasteiger charge is 2.21. The Hall–Kier alpha value is -3.91. The molecule has 0 unspecified atom stereocenters. The lowest BCUT2D eigenvalue weighted by Gasteiger charge is -2.13. The van der Waals surface area contributed by atoms with Crippen LogP contribution in [0.5, 0.6) is 0 Å². The summed E-state index contributed by atoms with van der Waals surface area (Å²) in [5.41, 5.74) is 8.72. The monoisotopic (exact) mass is 532 g/mol. The van der Waals surface area contributed by atoms with Gasteiger partial charge in [-0.2, -0.15) is 0 Å². The number of amides is 3. The fourth-order valence-corrected chi connectivity index (χ4v) is 4.03. The van der Waals surface area contributed by atoms with Gasteiger partial charge in [0.25, 0.3) is 5.91 Å². The number of carbonyl (C=O) groups is 3. The molecule has 1 aromatic heterocycles. The van der Waals surface area contributed by atoms with Crippen LogP contribution in [-0.2, 0) is 9.59 Å². The summed E-state index contributed by atoms with van der Waals surface area (Å²) in [6, 6.07) is 18.1. The summed E-state index contributed by atoms with van der Waals surface area (Å²) in [7, 11) is 0. The summed E-state index contributed by atoms with van der Waals surface area (Å²) in [6.45, 7) is 7.85. The molecule has 0 atom stereocenters. The molecule has 35 heavy (non-hydrogen) atoms. The first-order valence-corrected chi connectivity index (χ1v) is 11.8. The van der Waals surface area contributed by atoms with Crippen LogP contribution < -0.4 is 16.1 Å². The Kier molecular flexibility index (Phi) is 6.75. The summed E-state index contributed by atoms with van der Waals surface area (Å²) in [5, 5.41) is 6.20. The quantitative estimate of drug-likeness (QED) is 0.299. The number of nitrogens with zero attached hydrogens (tertiary/aromatic N) is 1. The molecular weight excluding hydrogens is 508 g/mol. The second-order valence-corrected chi connectivity index (χ2v) is 9.43. The highest BCUT2D eigenvalue weighted by Crippen LogP contribution is 2.24. The fraction of sp³-hybridized carbons (Fsp3) is 0.148. The average molecular weight is 533 g/mol. The number of halogens is 1. The molecule has 0 aliphatic carbocycles. The van der Waals surface area contributed by atoms with E-state index in [2.05, 4.69) is 32.0 Å². The maximum atomic E-state index is 13.2. The average Bonchev–Trinajstić information content (AvgIpc) is 3.16. The van der Waals surface area contributed by atoms with Gasteiger partial charge in [0.2, 0.25) is 0 Å². The van der Waals surface area contributed by atoms with Crippen molar-refractivity contribution in [3.05, 3.63) is 93.1 Å². The number of aromatic nitrogens is 1. The van der Waals surface area contributed by atoms with E-state index in [1.807, 2.05) is 58.0 Å². The number of aryl methyl sites for hydroxylation is 4. The molecule has 8 heteroatoms. The van der Waals surface area contributed by atoms with Crippen molar-refractivity contribution in [2.75, 3.05) is 16.1 Å². The number of hydrogen-bond donors (Lipinski definition) is 3. The zero-order valence-corrected chi connectivity index (χ0v) is 21.4. The Bertz CT molecular complexity index is 1490. The van der Waals surface area contributed by atoms with Crippen LogP contribution >= 0.6 is 15.9 Å². The molecule has 0 fully saturated rings. The number of anilines is 2. The maximum Gasteiger partial charge on any atom is 0.328 e. The van der Waals surface area contributed by atoms with Crippen LogP contribution in [0.3, 0.4) is 0 Å². The lowest BCUT2D eigenvalue weighted by atomic mass is 10.1. The summed E-state index contributed by atoms with van der Waals surface area (Å²) >= 11 is 3.43. The van der Waals surface area contributed by atoms with E-state index in [1.54, 1.807) is 30.3 Å². The van der Waals surface area contributed by atoms with Crippen LogP contribution in [0.4, 0.5) is 11.4 Å². The van der Waals surface area contributed by atoms with Gasteiger partial charge < -0.3 is 10.6 Å². The minimum atomic E-state index is -0.899. The molecule has 3 aromatic carbocycles. The Morgan fingerprint density at radius 1 is 0.686 bits per heavy atom. The van der Waals surface area contributed by atoms with Crippen molar-refractivity contribution in [1.82, 2.24) is 4.68 Å². The molecule has 1 heterocycles. The molecule has 4 aromatic rings. The number of hydrogen-bond acceptors (Lipinski definition) is 3. The van der Waals surface area contributed by atoms with Gasteiger partial charge in [0.1, 0.15) is 5.69 Å². The van der Waals surface area contributed by atoms with Crippen LogP contribution in [0.15, 0.2) is 65.1 Å². The molecule has 0 spiro atoms. The van der Waals surface area contributed by atoms with Crippen molar-refractivity contribution >= 4 is 55.9 Å². The molecule has 0 aliphatic rings. The third kappa shape index (κ3) is 5.27. The third-order valence-corrected chi connectivity index (χ3v) is 6.44. The Labute approximate surface area is 211 Å². The first-order chi connectivity index (χ1) is 16.6. The van der Waals surface area contributed by atoms with Crippen LogP contribution in [0.25, 0.3) is 10.9 Å². The highest BCUT2D eigenvalue weighted by atomic mass is 79.9. The molecule has 4 rings (SSSR count). The summed E-state index contributed by atoms with van der Waals surface area (Å²) in [4.78, 5) is 38.6. The number of nitrogens with one attached hydrogen (secondary N) is 3. The predicted octanol–water partition coefficient (Wildman–Crippen LogP) is 5.60. The largest absolute Gasteiger partial charge is 0.328 e. The minimum Gasteiger partial charge on any atom is -0.321 e. The molecule has 0 aliphatic heterocycles. The van der Waals surface area contributed by atoms with E-state index in [1.165, 1.54) is 4.68 Å². The van der Waals surface area contributed by atoms with Crippen LogP contribution in [0, 0.1) is 27.7 Å². The standard InChI is InChI=1S/C27H25BrN4O3/c1-15-5-8-21(11-17(15)3)29-25(33)24-14-19-13-20(28)7-10-23(19)32(24)31-27(35)26(34)30-22-9-6-16(2)18(4)12-22/h5-14H,1-4H3,(H,29,33)(H,30,34)(H,31,35). The second-order valence-electron chi connectivity index (χ2n) is 8.52. The first-order valence-electron chi connectivity index (χ1n) is 11.0. The van der Waals surface area contributed by atoms with Gasteiger partial charge in [-0.25, -0.2) is 4.68 Å². The van der Waals surface area contributed by atoms with Crippen LogP contribution in [-0.4, -0.2) is 22.4 Å². The van der Waals surface area contributed by atoms with E-state index >= 15 is 0 Å². The van der Waals surface area contributed by atoms with E-state index in [0.717, 1.165) is 32.1 Å².